The zero-order chi connectivity index (χ0) is 20.2. The first kappa shape index (κ1) is 21.5. The van der Waals surface area contributed by atoms with Crippen molar-refractivity contribution < 1.29 is 9.90 Å². The maximum absolute atomic E-state index is 12.1. The van der Waals surface area contributed by atoms with E-state index in [1.54, 1.807) is 6.21 Å². The van der Waals surface area contributed by atoms with E-state index in [1.165, 1.54) is 19.3 Å². The van der Waals surface area contributed by atoms with Crippen LogP contribution in [0.5, 0.6) is 5.75 Å². The number of carbonyl (C=O) groups is 1. The van der Waals surface area contributed by atoms with Crippen LogP contribution in [0, 0.1) is 5.92 Å². The Balaban J connectivity index is 2.15. The van der Waals surface area contributed by atoms with Crippen molar-refractivity contribution in [2.75, 3.05) is 0 Å². The standard InChI is InChI=1S/C23H36N2O2/c1-22(2,3)18-12-17(13-19(21(18)27)23(4,5)6)15-24-25-20(26)14-16-10-8-7-9-11-16/h12-13,15-16,27H,7-11,14H2,1-6H3,(H,25,26)/b24-15+. The third-order valence-corrected chi connectivity index (χ3v) is 5.35. The maximum Gasteiger partial charge on any atom is 0.240 e. The predicted octanol–water partition coefficient (Wildman–Crippen LogP) is 5.41. The minimum Gasteiger partial charge on any atom is -0.507 e. The van der Waals surface area contributed by atoms with Gasteiger partial charge in [-0.1, -0.05) is 60.8 Å². The van der Waals surface area contributed by atoms with E-state index in [9.17, 15) is 9.90 Å². The molecule has 1 saturated carbocycles. The molecule has 27 heavy (non-hydrogen) atoms. The van der Waals surface area contributed by atoms with Gasteiger partial charge < -0.3 is 5.11 Å². The van der Waals surface area contributed by atoms with Crippen molar-refractivity contribution >= 4 is 12.1 Å². The molecule has 1 amide bonds. The summed E-state index contributed by atoms with van der Waals surface area (Å²) in [5, 5.41) is 14.9. The van der Waals surface area contributed by atoms with Gasteiger partial charge in [-0.2, -0.15) is 5.10 Å². The Hall–Kier alpha value is -1.84. The van der Waals surface area contributed by atoms with Crippen LogP contribution in [0.2, 0.25) is 0 Å². The van der Waals surface area contributed by atoms with Gasteiger partial charge >= 0.3 is 0 Å². The zero-order valence-corrected chi connectivity index (χ0v) is 17.9. The van der Waals surface area contributed by atoms with Crippen LogP contribution in [0.1, 0.15) is 96.8 Å². The molecule has 1 aromatic carbocycles. The number of benzene rings is 1. The summed E-state index contributed by atoms with van der Waals surface area (Å²) in [7, 11) is 0. The molecule has 0 saturated heterocycles. The number of phenols is 1. The summed E-state index contributed by atoms with van der Waals surface area (Å²) < 4.78 is 0. The molecule has 1 aromatic rings. The normalized spacial score (nSPS) is 16.7. The SMILES string of the molecule is CC(C)(C)c1cc(/C=N/NC(=O)CC2CCCCC2)cc(C(C)(C)C)c1O. The predicted molar refractivity (Wildman–Crippen MR) is 112 cm³/mol. The highest BCUT2D eigenvalue weighted by Crippen LogP contribution is 2.39. The molecule has 0 atom stereocenters. The highest BCUT2D eigenvalue weighted by Gasteiger charge is 2.26. The zero-order valence-electron chi connectivity index (χ0n) is 17.9. The molecular formula is C23H36N2O2. The molecule has 2 rings (SSSR count). The third-order valence-electron chi connectivity index (χ3n) is 5.35. The highest BCUT2D eigenvalue weighted by molar-refractivity contribution is 5.83. The van der Waals surface area contributed by atoms with Gasteiger partial charge in [-0.15, -0.1) is 0 Å². The first-order valence-corrected chi connectivity index (χ1v) is 10.2. The van der Waals surface area contributed by atoms with Crippen molar-refractivity contribution in [2.24, 2.45) is 11.0 Å². The van der Waals surface area contributed by atoms with E-state index in [-0.39, 0.29) is 16.7 Å². The van der Waals surface area contributed by atoms with Gasteiger partial charge in [0.15, 0.2) is 0 Å². The highest BCUT2D eigenvalue weighted by atomic mass is 16.3. The number of nitrogens with one attached hydrogen (secondary N) is 1. The first-order valence-electron chi connectivity index (χ1n) is 10.2. The summed E-state index contributed by atoms with van der Waals surface area (Å²) in [5.74, 6) is 0.847. The van der Waals surface area contributed by atoms with Crippen molar-refractivity contribution in [1.29, 1.82) is 0 Å². The van der Waals surface area contributed by atoms with E-state index in [2.05, 4.69) is 52.1 Å². The summed E-state index contributed by atoms with van der Waals surface area (Å²) in [5.41, 5.74) is 4.99. The molecule has 0 bridgehead atoms. The Bertz CT molecular complexity index is 652. The van der Waals surface area contributed by atoms with Crippen molar-refractivity contribution in [3.63, 3.8) is 0 Å². The molecule has 0 aromatic heterocycles. The topological polar surface area (TPSA) is 61.7 Å². The van der Waals surface area contributed by atoms with Crippen LogP contribution in [0.3, 0.4) is 0 Å². The van der Waals surface area contributed by atoms with E-state index in [0.29, 0.717) is 18.1 Å². The second-order valence-electron chi connectivity index (χ2n) is 9.97. The average Bonchev–Trinajstić information content (AvgIpc) is 2.55. The Morgan fingerprint density at radius 2 is 1.59 bits per heavy atom. The summed E-state index contributed by atoms with van der Waals surface area (Å²) in [6, 6.07) is 3.92. The molecule has 0 heterocycles. The second-order valence-corrected chi connectivity index (χ2v) is 9.97. The monoisotopic (exact) mass is 372 g/mol. The molecule has 2 N–H and O–H groups in total. The van der Waals surface area contributed by atoms with E-state index in [4.69, 9.17) is 0 Å². The van der Waals surface area contributed by atoms with E-state index >= 15 is 0 Å². The fraction of sp³-hybridized carbons (Fsp3) is 0.652. The molecule has 0 unspecified atom stereocenters. The lowest BCUT2D eigenvalue weighted by Gasteiger charge is -2.27. The number of rotatable bonds is 4. The molecule has 150 valence electrons. The van der Waals surface area contributed by atoms with Crippen molar-refractivity contribution in [1.82, 2.24) is 5.43 Å². The summed E-state index contributed by atoms with van der Waals surface area (Å²) in [6.07, 6.45) is 8.32. The number of carbonyl (C=O) groups excluding carboxylic acids is 1. The van der Waals surface area contributed by atoms with Crippen LogP contribution in [0.25, 0.3) is 0 Å². The van der Waals surface area contributed by atoms with Crippen LogP contribution in [0.4, 0.5) is 0 Å². The smallest absolute Gasteiger partial charge is 0.240 e. The molecule has 1 aliphatic rings. The number of hydrogen-bond donors (Lipinski definition) is 2. The minimum atomic E-state index is -0.182. The molecule has 4 nitrogen and oxygen atoms in total. The maximum atomic E-state index is 12.1. The fourth-order valence-corrected chi connectivity index (χ4v) is 3.75. The molecule has 0 radical (unpaired) electrons. The average molecular weight is 373 g/mol. The molecular weight excluding hydrogens is 336 g/mol. The fourth-order valence-electron chi connectivity index (χ4n) is 3.75. The summed E-state index contributed by atoms with van der Waals surface area (Å²) in [4.78, 5) is 12.1. The minimum absolute atomic E-state index is 0.0102. The van der Waals surface area contributed by atoms with E-state index in [0.717, 1.165) is 29.5 Å². The number of aromatic hydroxyl groups is 1. The van der Waals surface area contributed by atoms with Gasteiger partial charge in [-0.05, 0) is 47.3 Å². The van der Waals surface area contributed by atoms with Gasteiger partial charge in [-0.3, -0.25) is 4.79 Å². The van der Waals surface area contributed by atoms with Gasteiger partial charge in [0, 0.05) is 17.5 Å². The molecule has 0 aliphatic heterocycles. The Morgan fingerprint density at radius 3 is 2.07 bits per heavy atom. The van der Waals surface area contributed by atoms with Crippen LogP contribution in [-0.4, -0.2) is 17.2 Å². The lowest BCUT2D eigenvalue weighted by atomic mass is 9.78. The number of hydrazone groups is 1. The third kappa shape index (κ3) is 6.08. The van der Waals surface area contributed by atoms with Gasteiger partial charge in [0.05, 0.1) is 6.21 Å². The number of nitrogens with zero attached hydrogens (tertiary/aromatic N) is 1. The molecule has 0 spiro atoms. The van der Waals surface area contributed by atoms with Gasteiger partial charge in [-0.25, -0.2) is 5.43 Å². The number of phenolic OH excluding ortho intramolecular Hbond substituents is 1. The van der Waals surface area contributed by atoms with E-state index in [1.807, 2.05) is 12.1 Å². The molecule has 1 aliphatic carbocycles. The number of amides is 1. The van der Waals surface area contributed by atoms with Gasteiger partial charge in [0.1, 0.15) is 5.75 Å². The van der Waals surface area contributed by atoms with Crippen LogP contribution in [-0.2, 0) is 15.6 Å². The van der Waals surface area contributed by atoms with Crippen LogP contribution in [0.15, 0.2) is 17.2 Å². The van der Waals surface area contributed by atoms with Crippen molar-refractivity contribution in [3.05, 3.63) is 28.8 Å². The summed E-state index contributed by atoms with van der Waals surface area (Å²) >= 11 is 0. The second kappa shape index (κ2) is 8.45. The van der Waals surface area contributed by atoms with Crippen LogP contribution >= 0.6 is 0 Å². The Morgan fingerprint density at radius 1 is 1.07 bits per heavy atom. The van der Waals surface area contributed by atoms with Crippen molar-refractivity contribution in [2.45, 2.75) is 90.9 Å². The Labute approximate surface area is 164 Å². The molecule has 4 heteroatoms. The first-order chi connectivity index (χ1) is 12.5. The largest absolute Gasteiger partial charge is 0.507 e. The van der Waals surface area contributed by atoms with Gasteiger partial charge in [0.25, 0.3) is 0 Å². The summed E-state index contributed by atoms with van der Waals surface area (Å²) in [6.45, 7) is 12.5. The van der Waals surface area contributed by atoms with Crippen LogP contribution < -0.4 is 5.43 Å². The Kier molecular flexibility index (Phi) is 6.72. The van der Waals surface area contributed by atoms with E-state index < -0.39 is 0 Å². The lowest BCUT2D eigenvalue weighted by molar-refractivity contribution is -0.122. The van der Waals surface area contributed by atoms with Gasteiger partial charge in [0.2, 0.25) is 5.91 Å². The van der Waals surface area contributed by atoms with Crippen molar-refractivity contribution in [3.8, 4) is 5.75 Å². The molecule has 1 fully saturated rings. The number of hydrogen-bond acceptors (Lipinski definition) is 3. The quantitative estimate of drug-likeness (QED) is 0.548. The lowest BCUT2D eigenvalue weighted by Crippen LogP contribution is -2.22.